The molecular formula is C24H30N2O8. The van der Waals surface area contributed by atoms with Gasteiger partial charge in [-0.05, 0) is 30.2 Å². The maximum Gasteiger partial charge on any atom is 0.414 e. The molecule has 1 saturated heterocycles. The van der Waals surface area contributed by atoms with Crippen molar-refractivity contribution in [2.45, 2.75) is 20.1 Å². The van der Waals surface area contributed by atoms with E-state index in [4.69, 9.17) is 34.0 Å². The summed E-state index contributed by atoms with van der Waals surface area (Å²) in [4.78, 5) is 34.1. The average molecular weight is 475 g/mol. The third-order valence-electron chi connectivity index (χ3n) is 4.95. The van der Waals surface area contributed by atoms with Crippen molar-refractivity contribution in [2.24, 2.45) is 0 Å². The van der Waals surface area contributed by atoms with Gasteiger partial charge < -0.3 is 29.3 Å². The van der Waals surface area contributed by atoms with Crippen LogP contribution in [0.2, 0.25) is 0 Å². The summed E-state index contributed by atoms with van der Waals surface area (Å²) in [5.41, 5.74) is 2.28. The van der Waals surface area contributed by atoms with Gasteiger partial charge in [0.25, 0.3) is 0 Å². The molecule has 0 spiro atoms. The van der Waals surface area contributed by atoms with E-state index < -0.39 is 11.9 Å². The molecule has 1 fully saturated rings. The molecular weight excluding hydrogens is 444 g/mol. The van der Waals surface area contributed by atoms with Gasteiger partial charge in [0.05, 0.1) is 13.7 Å². The summed E-state index contributed by atoms with van der Waals surface area (Å²) in [5.74, 6) is -2.18. The van der Waals surface area contributed by atoms with Gasteiger partial charge in [-0.2, -0.15) is 0 Å². The monoisotopic (exact) mass is 474 g/mol. The Balaban J connectivity index is 0.000000604. The molecule has 10 nitrogen and oxygen atoms in total. The first kappa shape index (κ1) is 26.5. The van der Waals surface area contributed by atoms with Gasteiger partial charge in [-0.3, -0.25) is 4.90 Å². The number of nitrogens with zero attached hydrogens (tertiary/aromatic N) is 2. The third kappa shape index (κ3) is 8.62. The van der Waals surface area contributed by atoms with Crippen LogP contribution in [0.5, 0.6) is 11.5 Å². The third-order valence-corrected chi connectivity index (χ3v) is 4.95. The SMILES string of the molecule is CCOC(=O)N1CCN(Cc2ccc(OCc3ccccc3)c(OC)c2)CC1.O=C(O)C(=O)O. The molecule has 1 aliphatic rings. The van der Waals surface area contributed by atoms with Crippen LogP contribution in [0.25, 0.3) is 0 Å². The second-order valence-corrected chi connectivity index (χ2v) is 7.33. The number of hydrogen-bond donors (Lipinski definition) is 2. The Labute approximate surface area is 198 Å². The average Bonchev–Trinajstić information content (AvgIpc) is 2.84. The van der Waals surface area contributed by atoms with Gasteiger partial charge in [0, 0.05) is 32.7 Å². The Kier molecular flexibility index (Phi) is 10.7. The number of methoxy groups -OCH3 is 1. The van der Waals surface area contributed by atoms with E-state index in [1.807, 2.05) is 49.4 Å². The number of carbonyl (C=O) groups excluding carboxylic acids is 1. The fourth-order valence-corrected chi connectivity index (χ4v) is 3.23. The highest BCUT2D eigenvalue weighted by atomic mass is 16.6. The molecule has 2 aromatic rings. The molecule has 1 amide bonds. The summed E-state index contributed by atoms with van der Waals surface area (Å²) in [7, 11) is 1.66. The zero-order valence-corrected chi connectivity index (χ0v) is 19.3. The number of carbonyl (C=O) groups is 3. The number of piperazine rings is 1. The molecule has 2 N–H and O–H groups in total. The first-order chi connectivity index (χ1) is 16.3. The summed E-state index contributed by atoms with van der Waals surface area (Å²) in [6, 6.07) is 16.1. The maximum atomic E-state index is 11.8. The van der Waals surface area contributed by atoms with Gasteiger partial charge in [0.2, 0.25) is 0 Å². The number of hydrogen-bond acceptors (Lipinski definition) is 7. The predicted molar refractivity (Wildman–Crippen MR) is 123 cm³/mol. The topological polar surface area (TPSA) is 126 Å². The first-order valence-electron chi connectivity index (χ1n) is 10.8. The van der Waals surface area contributed by atoms with Crippen LogP contribution in [0.1, 0.15) is 18.1 Å². The van der Waals surface area contributed by atoms with Gasteiger partial charge in [-0.15, -0.1) is 0 Å². The van der Waals surface area contributed by atoms with Crippen LogP contribution in [0.15, 0.2) is 48.5 Å². The quantitative estimate of drug-likeness (QED) is 0.583. The fourth-order valence-electron chi connectivity index (χ4n) is 3.23. The number of carboxylic acids is 2. The fraction of sp³-hybridized carbons (Fsp3) is 0.375. The minimum atomic E-state index is -1.82. The molecule has 0 bridgehead atoms. The maximum absolute atomic E-state index is 11.8. The van der Waals surface area contributed by atoms with Crippen molar-refractivity contribution in [1.29, 1.82) is 0 Å². The van der Waals surface area contributed by atoms with Crippen molar-refractivity contribution < 1.29 is 38.8 Å². The summed E-state index contributed by atoms with van der Waals surface area (Å²) >= 11 is 0. The molecule has 0 saturated carbocycles. The number of aliphatic carboxylic acids is 2. The van der Waals surface area contributed by atoms with Gasteiger partial charge in [-0.25, -0.2) is 14.4 Å². The van der Waals surface area contributed by atoms with Crippen molar-refractivity contribution in [2.75, 3.05) is 39.9 Å². The van der Waals surface area contributed by atoms with Crippen LogP contribution in [-0.2, 0) is 27.5 Å². The standard InChI is InChI=1S/C22H28N2O4.C2H2O4/c1-3-27-22(25)24-13-11-23(12-14-24)16-19-9-10-20(21(15-19)26-2)28-17-18-7-5-4-6-8-18;3-1(4)2(5)6/h4-10,15H,3,11-14,16-17H2,1-2H3;(H,3,4)(H,5,6). The molecule has 0 unspecified atom stereocenters. The largest absolute Gasteiger partial charge is 0.493 e. The second kappa shape index (κ2) is 13.7. The van der Waals surface area contributed by atoms with Crippen molar-refractivity contribution in [3.05, 3.63) is 59.7 Å². The van der Waals surface area contributed by atoms with E-state index in [0.29, 0.717) is 26.3 Å². The Morgan fingerprint density at radius 3 is 2.09 bits per heavy atom. The van der Waals surface area contributed by atoms with E-state index in [2.05, 4.69) is 11.0 Å². The van der Waals surface area contributed by atoms with E-state index in [9.17, 15) is 4.79 Å². The number of rotatable bonds is 7. The van der Waals surface area contributed by atoms with E-state index in [1.165, 1.54) is 0 Å². The molecule has 1 heterocycles. The highest BCUT2D eigenvalue weighted by molar-refractivity contribution is 6.27. The number of benzene rings is 2. The summed E-state index contributed by atoms with van der Waals surface area (Å²) < 4.78 is 16.5. The van der Waals surface area contributed by atoms with Gasteiger partial charge in [0.1, 0.15) is 6.61 Å². The summed E-state index contributed by atoms with van der Waals surface area (Å²) in [5, 5.41) is 14.8. The Morgan fingerprint density at radius 2 is 1.53 bits per heavy atom. The number of carboxylic acid groups (broad SMARTS) is 2. The normalized spacial score (nSPS) is 13.3. The van der Waals surface area contributed by atoms with Crippen LogP contribution in [-0.4, -0.2) is 77.9 Å². The number of amides is 1. The lowest BCUT2D eigenvalue weighted by molar-refractivity contribution is -0.159. The van der Waals surface area contributed by atoms with Crippen molar-refractivity contribution >= 4 is 18.0 Å². The predicted octanol–water partition coefficient (Wildman–Crippen LogP) is 2.70. The molecule has 0 radical (unpaired) electrons. The molecule has 0 atom stereocenters. The molecule has 34 heavy (non-hydrogen) atoms. The van der Waals surface area contributed by atoms with Crippen LogP contribution < -0.4 is 9.47 Å². The Hall–Kier alpha value is -3.79. The first-order valence-corrected chi connectivity index (χ1v) is 10.8. The van der Waals surface area contributed by atoms with Crippen molar-refractivity contribution in [3.63, 3.8) is 0 Å². The van der Waals surface area contributed by atoms with E-state index in [1.54, 1.807) is 12.0 Å². The molecule has 2 aromatic carbocycles. The lowest BCUT2D eigenvalue weighted by atomic mass is 10.1. The zero-order valence-electron chi connectivity index (χ0n) is 19.3. The highest BCUT2D eigenvalue weighted by Crippen LogP contribution is 2.29. The van der Waals surface area contributed by atoms with Crippen molar-refractivity contribution in [3.8, 4) is 11.5 Å². The van der Waals surface area contributed by atoms with Gasteiger partial charge >= 0.3 is 18.0 Å². The van der Waals surface area contributed by atoms with Crippen LogP contribution in [0, 0.1) is 0 Å². The number of ether oxygens (including phenoxy) is 3. The summed E-state index contributed by atoms with van der Waals surface area (Å²) in [6.07, 6.45) is -0.219. The molecule has 0 aromatic heterocycles. The minimum absolute atomic E-state index is 0.219. The van der Waals surface area contributed by atoms with Crippen molar-refractivity contribution in [1.82, 2.24) is 9.80 Å². The Morgan fingerprint density at radius 1 is 0.882 bits per heavy atom. The minimum Gasteiger partial charge on any atom is -0.493 e. The van der Waals surface area contributed by atoms with Crippen LogP contribution >= 0.6 is 0 Å². The van der Waals surface area contributed by atoms with Gasteiger partial charge in [-0.1, -0.05) is 36.4 Å². The van der Waals surface area contributed by atoms with Crippen LogP contribution in [0.3, 0.4) is 0 Å². The van der Waals surface area contributed by atoms with Gasteiger partial charge in [0.15, 0.2) is 11.5 Å². The second-order valence-electron chi connectivity index (χ2n) is 7.33. The molecule has 10 heteroatoms. The Bertz CT molecular complexity index is 931. The molecule has 3 rings (SSSR count). The molecule has 1 aliphatic heterocycles. The zero-order chi connectivity index (χ0) is 24.9. The van der Waals surface area contributed by atoms with E-state index in [-0.39, 0.29) is 6.09 Å². The van der Waals surface area contributed by atoms with E-state index >= 15 is 0 Å². The van der Waals surface area contributed by atoms with Crippen LogP contribution in [0.4, 0.5) is 4.79 Å². The lowest BCUT2D eigenvalue weighted by Gasteiger charge is -2.34. The summed E-state index contributed by atoms with van der Waals surface area (Å²) in [6.45, 7) is 6.59. The smallest absolute Gasteiger partial charge is 0.414 e. The lowest BCUT2D eigenvalue weighted by Crippen LogP contribution is -2.48. The highest BCUT2D eigenvalue weighted by Gasteiger charge is 2.22. The molecule has 0 aliphatic carbocycles. The molecule has 184 valence electrons. The van der Waals surface area contributed by atoms with E-state index in [0.717, 1.165) is 42.3 Å².